The van der Waals surface area contributed by atoms with E-state index in [9.17, 15) is 4.39 Å². The Bertz CT molecular complexity index is 615. The normalized spacial score (nSPS) is 13.7. The van der Waals surface area contributed by atoms with E-state index in [4.69, 9.17) is 15.2 Å². The molecule has 0 amide bonds. The van der Waals surface area contributed by atoms with Crippen molar-refractivity contribution >= 4 is 21.7 Å². The largest absolute Gasteiger partial charge is 0.486 e. The summed E-state index contributed by atoms with van der Waals surface area (Å²) in [5.74, 6) is 0.744. The number of benzene rings is 1. The smallest absolute Gasteiger partial charge is 0.176 e. The molecule has 5 nitrogen and oxygen atoms in total. The summed E-state index contributed by atoms with van der Waals surface area (Å²) in [5.41, 5.74) is 6.32. The predicted octanol–water partition coefficient (Wildman–Crippen LogP) is 2.33. The average Bonchev–Trinajstić information content (AvgIpc) is 2.76. The van der Waals surface area contributed by atoms with E-state index in [1.807, 2.05) is 0 Å². The van der Waals surface area contributed by atoms with Crippen LogP contribution in [0.5, 0.6) is 11.5 Å². The highest BCUT2D eigenvalue weighted by Gasteiger charge is 2.23. The van der Waals surface area contributed by atoms with Crippen molar-refractivity contribution in [3.8, 4) is 22.8 Å². The molecular formula is C11H9BrFN3O2. The van der Waals surface area contributed by atoms with Crippen molar-refractivity contribution in [1.29, 1.82) is 0 Å². The number of rotatable bonds is 1. The standard InChI is InChI=1S/C11H9BrFN3O2/c12-10-9(6-4-8(14)16-15-6)5(13)3-7-11(10)18-2-1-17-7/h3-4H,1-2H2,(H3,14,15,16). The molecule has 0 fully saturated rings. The van der Waals surface area contributed by atoms with E-state index in [0.717, 1.165) is 0 Å². The summed E-state index contributed by atoms with van der Waals surface area (Å²) in [5, 5.41) is 6.45. The van der Waals surface area contributed by atoms with E-state index in [1.54, 1.807) is 6.07 Å². The fourth-order valence-electron chi connectivity index (χ4n) is 1.83. The fourth-order valence-corrected chi connectivity index (χ4v) is 2.54. The molecule has 0 spiro atoms. The molecule has 94 valence electrons. The van der Waals surface area contributed by atoms with Gasteiger partial charge >= 0.3 is 0 Å². The van der Waals surface area contributed by atoms with E-state index in [0.29, 0.717) is 46.3 Å². The Morgan fingerprint density at radius 2 is 2.11 bits per heavy atom. The lowest BCUT2D eigenvalue weighted by atomic mass is 10.1. The van der Waals surface area contributed by atoms with Crippen LogP contribution in [0.4, 0.5) is 10.2 Å². The molecular weight excluding hydrogens is 305 g/mol. The van der Waals surface area contributed by atoms with Crippen molar-refractivity contribution in [2.75, 3.05) is 18.9 Å². The molecule has 0 saturated heterocycles. The van der Waals surface area contributed by atoms with Crippen LogP contribution in [0.2, 0.25) is 0 Å². The number of fused-ring (bicyclic) bond motifs is 1. The molecule has 0 atom stereocenters. The van der Waals surface area contributed by atoms with Crippen LogP contribution < -0.4 is 15.2 Å². The van der Waals surface area contributed by atoms with Crippen LogP contribution in [0.25, 0.3) is 11.3 Å². The van der Waals surface area contributed by atoms with Gasteiger partial charge in [0.05, 0.1) is 15.7 Å². The first kappa shape index (κ1) is 11.3. The highest BCUT2D eigenvalue weighted by Crippen LogP contribution is 2.44. The van der Waals surface area contributed by atoms with Gasteiger partial charge in [-0.15, -0.1) is 0 Å². The van der Waals surface area contributed by atoms with Crippen LogP contribution in [0.3, 0.4) is 0 Å². The third kappa shape index (κ3) is 1.71. The molecule has 7 heteroatoms. The number of nitrogens with two attached hydrogens (primary N) is 1. The molecule has 3 rings (SSSR count). The van der Waals surface area contributed by atoms with E-state index in [1.165, 1.54) is 6.07 Å². The Morgan fingerprint density at radius 1 is 1.33 bits per heavy atom. The van der Waals surface area contributed by atoms with Gasteiger partial charge in [-0.1, -0.05) is 0 Å². The number of nitrogen functional groups attached to an aromatic ring is 1. The zero-order valence-corrected chi connectivity index (χ0v) is 10.8. The Hall–Kier alpha value is -1.76. The fraction of sp³-hybridized carbons (Fsp3) is 0.182. The zero-order valence-electron chi connectivity index (χ0n) is 9.17. The monoisotopic (exact) mass is 313 g/mol. The number of H-pyrrole nitrogens is 1. The molecule has 2 heterocycles. The van der Waals surface area contributed by atoms with Crippen molar-refractivity contribution in [1.82, 2.24) is 10.2 Å². The number of aromatic nitrogens is 2. The molecule has 1 aromatic carbocycles. The summed E-state index contributed by atoms with van der Waals surface area (Å²) in [7, 11) is 0. The maximum Gasteiger partial charge on any atom is 0.176 e. The minimum absolute atomic E-state index is 0.297. The Balaban J connectivity index is 2.20. The lowest BCUT2D eigenvalue weighted by molar-refractivity contribution is 0.169. The van der Waals surface area contributed by atoms with Gasteiger partial charge in [0.25, 0.3) is 0 Å². The highest BCUT2D eigenvalue weighted by molar-refractivity contribution is 9.10. The summed E-state index contributed by atoms with van der Waals surface area (Å²) in [4.78, 5) is 0. The molecule has 0 radical (unpaired) electrons. The van der Waals surface area contributed by atoms with Crippen LogP contribution in [0.15, 0.2) is 16.6 Å². The van der Waals surface area contributed by atoms with Gasteiger partial charge in [0.15, 0.2) is 11.5 Å². The van der Waals surface area contributed by atoms with E-state index in [2.05, 4.69) is 26.1 Å². The topological polar surface area (TPSA) is 73.2 Å². The first-order valence-electron chi connectivity index (χ1n) is 5.25. The Kier molecular flexibility index (Phi) is 2.62. The average molecular weight is 314 g/mol. The molecule has 1 aromatic heterocycles. The molecule has 2 aromatic rings. The van der Waals surface area contributed by atoms with E-state index >= 15 is 0 Å². The van der Waals surface area contributed by atoms with Crippen molar-refractivity contribution in [3.05, 3.63) is 22.4 Å². The second-order valence-electron chi connectivity index (χ2n) is 3.78. The number of hydrogen-bond donors (Lipinski definition) is 2. The van der Waals surface area contributed by atoms with Gasteiger partial charge in [-0.3, -0.25) is 5.10 Å². The Morgan fingerprint density at radius 3 is 2.83 bits per heavy atom. The first-order valence-corrected chi connectivity index (χ1v) is 6.05. The zero-order chi connectivity index (χ0) is 12.7. The third-order valence-electron chi connectivity index (χ3n) is 2.59. The van der Waals surface area contributed by atoms with Crippen molar-refractivity contribution in [2.45, 2.75) is 0 Å². The van der Waals surface area contributed by atoms with Gasteiger partial charge in [-0.05, 0) is 15.9 Å². The summed E-state index contributed by atoms with van der Waals surface area (Å²) in [6, 6.07) is 2.85. The van der Waals surface area contributed by atoms with Gasteiger partial charge < -0.3 is 15.2 Å². The lowest BCUT2D eigenvalue weighted by Gasteiger charge is -2.21. The lowest BCUT2D eigenvalue weighted by Crippen LogP contribution is -2.16. The quantitative estimate of drug-likeness (QED) is 0.847. The van der Waals surface area contributed by atoms with Gasteiger partial charge in [-0.2, -0.15) is 5.10 Å². The van der Waals surface area contributed by atoms with Crippen LogP contribution in [-0.2, 0) is 0 Å². The molecule has 1 aliphatic rings. The first-order chi connectivity index (χ1) is 8.66. The highest BCUT2D eigenvalue weighted by atomic mass is 79.9. The third-order valence-corrected chi connectivity index (χ3v) is 3.35. The maximum atomic E-state index is 14.1. The number of hydrogen-bond acceptors (Lipinski definition) is 4. The SMILES string of the molecule is Nc1cc(-c2c(F)cc3c(c2Br)OCCO3)[nH]n1. The molecule has 0 aliphatic carbocycles. The van der Waals surface area contributed by atoms with Gasteiger partial charge in [0.2, 0.25) is 0 Å². The van der Waals surface area contributed by atoms with Gasteiger partial charge in [0.1, 0.15) is 24.8 Å². The number of aromatic amines is 1. The van der Waals surface area contributed by atoms with Crippen molar-refractivity contribution in [3.63, 3.8) is 0 Å². The predicted molar refractivity (Wildman–Crippen MR) is 67.1 cm³/mol. The van der Waals surface area contributed by atoms with Crippen molar-refractivity contribution in [2.24, 2.45) is 0 Å². The van der Waals surface area contributed by atoms with Crippen molar-refractivity contribution < 1.29 is 13.9 Å². The van der Waals surface area contributed by atoms with Crippen LogP contribution >= 0.6 is 15.9 Å². The summed E-state index contributed by atoms with van der Waals surface area (Å²) in [6.07, 6.45) is 0. The number of anilines is 1. The summed E-state index contributed by atoms with van der Waals surface area (Å²) >= 11 is 3.33. The maximum absolute atomic E-state index is 14.1. The molecule has 3 N–H and O–H groups in total. The van der Waals surface area contributed by atoms with Gasteiger partial charge in [0, 0.05) is 12.1 Å². The molecule has 0 unspecified atom stereocenters. The second kappa shape index (κ2) is 4.16. The van der Waals surface area contributed by atoms with E-state index < -0.39 is 5.82 Å². The summed E-state index contributed by atoms with van der Waals surface area (Å²) in [6.45, 7) is 0.844. The number of nitrogens with zero attached hydrogens (tertiary/aromatic N) is 1. The molecule has 0 bridgehead atoms. The summed E-state index contributed by atoms with van der Waals surface area (Å²) < 4.78 is 25.4. The molecule has 1 aliphatic heterocycles. The second-order valence-corrected chi connectivity index (χ2v) is 4.57. The Labute approximate surface area is 110 Å². The number of nitrogens with one attached hydrogen (secondary N) is 1. The van der Waals surface area contributed by atoms with Crippen LogP contribution in [0, 0.1) is 5.82 Å². The van der Waals surface area contributed by atoms with Gasteiger partial charge in [-0.25, -0.2) is 4.39 Å². The number of ether oxygens (including phenoxy) is 2. The minimum Gasteiger partial charge on any atom is -0.486 e. The van der Waals surface area contributed by atoms with E-state index in [-0.39, 0.29) is 0 Å². The molecule has 18 heavy (non-hydrogen) atoms. The van der Waals surface area contributed by atoms with Crippen LogP contribution in [-0.4, -0.2) is 23.4 Å². The minimum atomic E-state index is -0.435. The number of halogens is 2. The van der Waals surface area contributed by atoms with Crippen LogP contribution in [0.1, 0.15) is 0 Å². The molecule has 0 saturated carbocycles.